The normalized spacial score (nSPS) is 36.6. The Balaban J connectivity index is 1.58. The summed E-state index contributed by atoms with van der Waals surface area (Å²) in [4.78, 5) is 0. The zero-order valence-electron chi connectivity index (χ0n) is 13.7. The predicted molar refractivity (Wildman–Crippen MR) is 89.5 cm³/mol. The van der Waals surface area contributed by atoms with E-state index in [1.807, 2.05) is 0 Å². The van der Waals surface area contributed by atoms with Crippen LogP contribution in [0.3, 0.4) is 0 Å². The molecule has 3 aliphatic carbocycles. The molecule has 0 spiro atoms. The second kappa shape index (κ2) is 6.93. The van der Waals surface area contributed by atoms with Crippen molar-refractivity contribution in [1.29, 1.82) is 0 Å². The molecular weight excluding hydrogens is 247 g/mol. The van der Waals surface area contributed by atoms with Gasteiger partial charge in [0.1, 0.15) is 0 Å². The molecule has 3 saturated carbocycles. The largest absolute Gasteiger partial charge is 0.119 e. The number of rotatable bonds is 8. The lowest BCUT2D eigenvalue weighted by atomic mass is 9.46. The quantitative estimate of drug-likeness (QED) is 0.373. The van der Waals surface area contributed by atoms with E-state index in [0.717, 1.165) is 23.4 Å². The summed E-state index contributed by atoms with van der Waals surface area (Å²) in [7, 11) is 1.27. The molecule has 0 heterocycles. The molecule has 2 bridgehead atoms. The molecule has 0 radical (unpaired) electrons. The second-order valence-corrected chi connectivity index (χ2v) is 9.43. The average molecular weight is 282 g/mol. The monoisotopic (exact) mass is 282 g/mol. The summed E-state index contributed by atoms with van der Waals surface area (Å²) >= 11 is 0. The molecule has 19 heavy (non-hydrogen) atoms. The van der Waals surface area contributed by atoms with Crippen molar-refractivity contribution < 1.29 is 0 Å². The van der Waals surface area contributed by atoms with Gasteiger partial charge in [0.05, 0.1) is 0 Å². The van der Waals surface area contributed by atoms with E-state index in [1.165, 1.54) is 53.3 Å². The van der Waals surface area contributed by atoms with Crippen LogP contribution in [0.1, 0.15) is 79.1 Å². The Kier molecular flexibility index (Phi) is 5.77. The van der Waals surface area contributed by atoms with Gasteiger partial charge in [-0.25, -0.2) is 0 Å². The van der Waals surface area contributed by atoms with Crippen LogP contribution < -0.4 is 0 Å². The SMILES string of the molecule is CCCCCCCCPC1CC2CC(C1C)C2(C)C. The molecule has 0 aromatic heterocycles. The Bertz CT molecular complexity index is 271. The van der Waals surface area contributed by atoms with Crippen molar-refractivity contribution in [3.63, 3.8) is 0 Å². The Hall–Kier alpha value is 0.430. The van der Waals surface area contributed by atoms with E-state index in [0.29, 0.717) is 5.41 Å². The number of unbranched alkanes of at least 4 members (excludes halogenated alkanes) is 5. The van der Waals surface area contributed by atoms with Gasteiger partial charge in [-0.05, 0) is 54.3 Å². The van der Waals surface area contributed by atoms with E-state index in [4.69, 9.17) is 0 Å². The molecule has 0 aromatic rings. The van der Waals surface area contributed by atoms with Crippen molar-refractivity contribution in [2.45, 2.75) is 84.7 Å². The van der Waals surface area contributed by atoms with Gasteiger partial charge in [0.15, 0.2) is 0 Å². The molecular formula is C18H35P. The molecule has 0 amide bonds. The summed E-state index contributed by atoms with van der Waals surface area (Å²) in [6, 6.07) is 0. The first-order valence-electron chi connectivity index (χ1n) is 8.80. The summed E-state index contributed by atoms with van der Waals surface area (Å²) in [5, 5.41) is 0. The van der Waals surface area contributed by atoms with Gasteiger partial charge in [-0.1, -0.05) is 59.8 Å². The highest BCUT2D eigenvalue weighted by atomic mass is 31.1. The van der Waals surface area contributed by atoms with Gasteiger partial charge in [-0.3, -0.25) is 0 Å². The van der Waals surface area contributed by atoms with Crippen LogP contribution in [0.25, 0.3) is 0 Å². The van der Waals surface area contributed by atoms with Gasteiger partial charge < -0.3 is 0 Å². The van der Waals surface area contributed by atoms with Crippen LogP contribution in [-0.2, 0) is 0 Å². The average Bonchev–Trinajstić information content (AvgIpc) is 2.38. The highest BCUT2D eigenvalue weighted by molar-refractivity contribution is 7.38. The Morgan fingerprint density at radius 2 is 1.68 bits per heavy atom. The number of fused-ring (bicyclic) bond motifs is 2. The standard InChI is InChI=1S/C18H35P/c1-5-6-7-8-9-10-11-19-17-13-15-12-16(14(17)2)18(15,3)4/h14-17,19H,5-13H2,1-4H3. The molecule has 5 unspecified atom stereocenters. The first-order valence-corrected chi connectivity index (χ1v) is 10.1. The molecule has 0 nitrogen and oxygen atoms in total. The lowest BCUT2D eigenvalue weighted by Gasteiger charge is -2.62. The van der Waals surface area contributed by atoms with E-state index in [-0.39, 0.29) is 0 Å². The van der Waals surface area contributed by atoms with Gasteiger partial charge in [0, 0.05) is 0 Å². The van der Waals surface area contributed by atoms with Crippen molar-refractivity contribution in [3.05, 3.63) is 0 Å². The topological polar surface area (TPSA) is 0 Å². The fourth-order valence-corrected chi connectivity index (χ4v) is 6.49. The van der Waals surface area contributed by atoms with E-state index in [1.54, 1.807) is 12.8 Å². The smallest absolute Gasteiger partial charge is 0.0205 e. The van der Waals surface area contributed by atoms with Crippen LogP contribution in [0.15, 0.2) is 0 Å². The van der Waals surface area contributed by atoms with Crippen LogP contribution in [0, 0.1) is 23.2 Å². The van der Waals surface area contributed by atoms with Crippen molar-refractivity contribution >= 4 is 8.58 Å². The zero-order valence-corrected chi connectivity index (χ0v) is 14.7. The summed E-state index contributed by atoms with van der Waals surface area (Å²) in [5.41, 5.74) is 1.77. The third-order valence-corrected chi connectivity index (χ3v) is 8.22. The molecule has 5 atom stereocenters. The van der Waals surface area contributed by atoms with Gasteiger partial charge in [0.25, 0.3) is 0 Å². The Morgan fingerprint density at radius 1 is 1.00 bits per heavy atom. The molecule has 1 heteroatoms. The van der Waals surface area contributed by atoms with E-state index >= 15 is 0 Å². The molecule has 0 aromatic carbocycles. The van der Waals surface area contributed by atoms with E-state index in [2.05, 4.69) is 27.7 Å². The van der Waals surface area contributed by atoms with E-state index < -0.39 is 0 Å². The summed E-state index contributed by atoms with van der Waals surface area (Å²) < 4.78 is 0. The highest BCUT2D eigenvalue weighted by Crippen LogP contribution is 2.63. The van der Waals surface area contributed by atoms with Gasteiger partial charge >= 0.3 is 0 Å². The van der Waals surface area contributed by atoms with E-state index in [9.17, 15) is 0 Å². The minimum atomic E-state index is 0.681. The van der Waals surface area contributed by atoms with Crippen molar-refractivity contribution in [2.75, 3.05) is 6.16 Å². The molecule has 112 valence electrons. The summed E-state index contributed by atoms with van der Waals surface area (Å²) in [5.74, 6) is 3.13. The Labute approximate surface area is 123 Å². The van der Waals surface area contributed by atoms with Crippen LogP contribution in [0.2, 0.25) is 0 Å². The summed E-state index contributed by atoms with van der Waals surface area (Å²) in [6.07, 6.45) is 13.4. The summed E-state index contributed by atoms with van der Waals surface area (Å²) in [6.45, 7) is 9.91. The highest BCUT2D eigenvalue weighted by Gasteiger charge is 2.55. The molecule has 0 N–H and O–H groups in total. The van der Waals surface area contributed by atoms with Crippen molar-refractivity contribution in [2.24, 2.45) is 23.2 Å². The molecule has 0 saturated heterocycles. The third-order valence-electron chi connectivity index (χ3n) is 6.29. The fraction of sp³-hybridized carbons (Fsp3) is 1.00. The van der Waals surface area contributed by atoms with Gasteiger partial charge in [-0.15, -0.1) is 8.58 Å². The zero-order chi connectivity index (χ0) is 13.9. The minimum absolute atomic E-state index is 0.681. The molecule has 3 fully saturated rings. The van der Waals surface area contributed by atoms with Gasteiger partial charge in [0.2, 0.25) is 0 Å². The van der Waals surface area contributed by atoms with Crippen molar-refractivity contribution in [1.82, 2.24) is 0 Å². The maximum absolute atomic E-state index is 2.56. The Morgan fingerprint density at radius 3 is 2.32 bits per heavy atom. The first kappa shape index (κ1) is 15.8. The maximum atomic E-state index is 2.56. The second-order valence-electron chi connectivity index (χ2n) is 7.78. The number of hydrogen-bond acceptors (Lipinski definition) is 0. The molecule has 3 aliphatic rings. The first-order chi connectivity index (χ1) is 9.07. The lowest BCUT2D eigenvalue weighted by Crippen LogP contribution is -2.55. The fourth-order valence-electron chi connectivity index (χ4n) is 4.61. The predicted octanol–water partition coefficient (Wildman–Crippen LogP) is 6.10. The van der Waals surface area contributed by atoms with Crippen molar-refractivity contribution in [3.8, 4) is 0 Å². The third kappa shape index (κ3) is 3.55. The van der Waals surface area contributed by atoms with Crippen LogP contribution in [0.4, 0.5) is 0 Å². The minimum Gasteiger partial charge on any atom is -0.119 e. The van der Waals surface area contributed by atoms with Gasteiger partial charge in [-0.2, -0.15) is 0 Å². The molecule has 0 aliphatic heterocycles. The number of hydrogen-bond donors (Lipinski definition) is 0. The lowest BCUT2D eigenvalue weighted by molar-refractivity contribution is -0.0955. The van der Waals surface area contributed by atoms with Crippen LogP contribution in [0.5, 0.6) is 0 Å². The molecule has 3 rings (SSSR count). The van der Waals surface area contributed by atoms with Crippen LogP contribution in [-0.4, -0.2) is 11.8 Å². The van der Waals surface area contributed by atoms with Crippen LogP contribution >= 0.6 is 8.58 Å². The maximum Gasteiger partial charge on any atom is -0.0205 e.